The lowest BCUT2D eigenvalue weighted by Crippen LogP contribution is -2.26. The molecule has 0 heterocycles. The highest BCUT2D eigenvalue weighted by Gasteiger charge is 2.16. The summed E-state index contributed by atoms with van der Waals surface area (Å²) in [5, 5.41) is 2.96. The van der Waals surface area contributed by atoms with Crippen molar-refractivity contribution in [2.45, 2.75) is 23.6 Å². The molecular weight excluding hydrogens is 438 g/mol. The summed E-state index contributed by atoms with van der Waals surface area (Å²) < 4.78 is 25.9. The highest BCUT2D eigenvalue weighted by Crippen LogP contribution is 2.23. The summed E-state index contributed by atoms with van der Waals surface area (Å²) in [5.74, 6) is -0.313. The minimum atomic E-state index is -3.41. The van der Waals surface area contributed by atoms with Gasteiger partial charge in [-0.3, -0.25) is 4.79 Å². The Bertz CT molecular complexity index is 1060. The molecule has 0 aromatic heterocycles. The van der Waals surface area contributed by atoms with Crippen LogP contribution in [-0.2, 0) is 15.6 Å². The number of carbonyl (C=O) groups is 1. The van der Waals surface area contributed by atoms with Gasteiger partial charge in [0.1, 0.15) is 0 Å². The summed E-state index contributed by atoms with van der Waals surface area (Å²) in [6, 6.07) is 22.6. The maximum absolute atomic E-state index is 12.5. The number of sulfone groups is 1. The van der Waals surface area contributed by atoms with Crippen molar-refractivity contribution in [3.8, 4) is 0 Å². The van der Waals surface area contributed by atoms with E-state index in [1.54, 1.807) is 54.6 Å². The van der Waals surface area contributed by atoms with E-state index in [0.29, 0.717) is 16.0 Å². The lowest BCUT2D eigenvalue weighted by Gasteiger charge is -2.16. The van der Waals surface area contributed by atoms with E-state index in [1.807, 2.05) is 31.2 Å². The van der Waals surface area contributed by atoms with Gasteiger partial charge in [0.2, 0.25) is 0 Å². The SMILES string of the molecule is CC(NC(=O)c1ccc(CS(=O)(=O)c2ccccc2)cc1)c1ccccc1Br. The molecule has 1 N–H and O–H groups in total. The second-order valence-electron chi connectivity index (χ2n) is 6.49. The molecule has 0 fully saturated rings. The molecule has 6 heteroatoms. The summed E-state index contributed by atoms with van der Waals surface area (Å²) in [4.78, 5) is 12.8. The van der Waals surface area contributed by atoms with E-state index in [2.05, 4.69) is 21.2 Å². The molecule has 0 saturated carbocycles. The van der Waals surface area contributed by atoms with Crippen LogP contribution < -0.4 is 5.32 Å². The van der Waals surface area contributed by atoms with Gasteiger partial charge < -0.3 is 5.32 Å². The first kappa shape index (κ1) is 20.3. The molecule has 0 bridgehead atoms. The van der Waals surface area contributed by atoms with Gasteiger partial charge in [0.15, 0.2) is 9.84 Å². The standard InChI is InChI=1S/C22H20BrNO3S/c1-16(20-9-5-6-10-21(20)23)24-22(25)18-13-11-17(12-14-18)15-28(26,27)19-7-3-2-4-8-19/h2-14,16H,15H2,1H3,(H,24,25). The molecule has 3 rings (SSSR count). The largest absolute Gasteiger partial charge is 0.345 e. The van der Waals surface area contributed by atoms with Crippen LogP contribution in [0.2, 0.25) is 0 Å². The Labute approximate surface area is 173 Å². The lowest BCUT2D eigenvalue weighted by molar-refractivity contribution is 0.0940. The molecule has 0 saturated heterocycles. The number of rotatable bonds is 6. The Hall–Kier alpha value is -2.44. The van der Waals surface area contributed by atoms with Crippen molar-refractivity contribution in [3.63, 3.8) is 0 Å². The number of halogens is 1. The number of benzene rings is 3. The summed E-state index contributed by atoms with van der Waals surface area (Å²) in [6.07, 6.45) is 0. The third-order valence-corrected chi connectivity index (χ3v) is 6.82. The number of nitrogens with one attached hydrogen (secondary N) is 1. The van der Waals surface area contributed by atoms with Gasteiger partial charge in [0.25, 0.3) is 5.91 Å². The van der Waals surface area contributed by atoms with E-state index in [0.717, 1.165) is 10.0 Å². The second-order valence-corrected chi connectivity index (χ2v) is 9.33. The fourth-order valence-electron chi connectivity index (χ4n) is 2.87. The molecule has 1 amide bonds. The Morgan fingerprint density at radius 3 is 2.18 bits per heavy atom. The smallest absolute Gasteiger partial charge is 0.251 e. The number of amides is 1. The van der Waals surface area contributed by atoms with Crippen LogP contribution in [0.5, 0.6) is 0 Å². The molecule has 1 atom stereocenters. The minimum absolute atomic E-state index is 0.105. The third kappa shape index (κ3) is 4.88. The van der Waals surface area contributed by atoms with Crippen molar-refractivity contribution >= 4 is 31.7 Å². The zero-order chi connectivity index (χ0) is 20.1. The van der Waals surface area contributed by atoms with Gasteiger partial charge in [-0.05, 0) is 48.4 Å². The molecule has 1 unspecified atom stereocenters. The first-order chi connectivity index (χ1) is 13.4. The van der Waals surface area contributed by atoms with Crippen LogP contribution in [0.15, 0.2) is 88.2 Å². The van der Waals surface area contributed by atoms with Gasteiger partial charge in [-0.2, -0.15) is 0 Å². The van der Waals surface area contributed by atoms with E-state index >= 15 is 0 Å². The van der Waals surface area contributed by atoms with Crippen molar-refractivity contribution in [1.29, 1.82) is 0 Å². The van der Waals surface area contributed by atoms with E-state index in [1.165, 1.54) is 0 Å². The highest BCUT2D eigenvalue weighted by atomic mass is 79.9. The molecule has 3 aromatic carbocycles. The molecule has 0 aliphatic rings. The first-order valence-corrected chi connectivity index (χ1v) is 11.2. The number of carbonyl (C=O) groups excluding carboxylic acids is 1. The maximum atomic E-state index is 12.5. The molecule has 4 nitrogen and oxygen atoms in total. The lowest BCUT2D eigenvalue weighted by atomic mass is 10.1. The minimum Gasteiger partial charge on any atom is -0.345 e. The summed E-state index contributed by atoms with van der Waals surface area (Å²) >= 11 is 3.49. The molecule has 0 aliphatic heterocycles. The van der Waals surface area contributed by atoms with Crippen molar-refractivity contribution in [3.05, 3.63) is 100 Å². The summed E-state index contributed by atoms with van der Waals surface area (Å²) in [5.41, 5.74) is 2.11. The average molecular weight is 458 g/mol. The Morgan fingerprint density at radius 1 is 0.929 bits per heavy atom. The van der Waals surface area contributed by atoms with Gasteiger partial charge >= 0.3 is 0 Å². The van der Waals surface area contributed by atoms with E-state index in [4.69, 9.17) is 0 Å². The number of hydrogen-bond donors (Lipinski definition) is 1. The fourth-order valence-corrected chi connectivity index (χ4v) is 4.86. The second kappa shape index (κ2) is 8.71. The Balaban J connectivity index is 1.69. The first-order valence-electron chi connectivity index (χ1n) is 8.79. The quantitative estimate of drug-likeness (QED) is 0.571. The van der Waals surface area contributed by atoms with Crippen molar-refractivity contribution < 1.29 is 13.2 Å². The fraction of sp³-hybridized carbons (Fsp3) is 0.136. The van der Waals surface area contributed by atoms with Crippen LogP contribution in [0, 0.1) is 0 Å². The molecule has 0 aliphatic carbocycles. The van der Waals surface area contributed by atoms with Gasteiger partial charge in [0, 0.05) is 10.0 Å². The molecule has 3 aromatic rings. The van der Waals surface area contributed by atoms with Crippen LogP contribution in [0.3, 0.4) is 0 Å². The van der Waals surface area contributed by atoms with Crippen LogP contribution in [0.1, 0.15) is 34.5 Å². The van der Waals surface area contributed by atoms with Crippen molar-refractivity contribution in [2.24, 2.45) is 0 Å². The molecule has 0 spiro atoms. The van der Waals surface area contributed by atoms with Crippen LogP contribution >= 0.6 is 15.9 Å². The van der Waals surface area contributed by atoms with Gasteiger partial charge in [-0.25, -0.2) is 8.42 Å². The van der Waals surface area contributed by atoms with E-state index < -0.39 is 9.84 Å². The monoisotopic (exact) mass is 457 g/mol. The number of hydrogen-bond acceptors (Lipinski definition) is 3. The van der Waals surface area contributed by atoms with Gasteiger partial charge in [-0.15, -0.1) is 0 Å². The van der Waals surface area contributed by atoms with Crippen LogP contribution in [-0.4, -0.2) is 14.3 Å². The third-order valence-electron chi connectivity index (χ3n) is 4.39. The summed E-state index contributed by atoms with van der Waals surface area (Å²) in [7, 11) is -3.41. The zero-order valence-corrected chi connectivity index (χ0v) is 17.7. The van der Waals surface area contributed by atoms with Crippen molar-refractivity contribution in [2.75, 3.05) is 0 Å². The highest BCUT2D eigenvalue weighted by molar-refractivity contribution is 9.10. The zero-order valence-electron chi connectivity index (χ0n) is 15.3. The van der Waals surface area contributed by atoms with Crippen LogP contribution in [0.25, 0.3) is 0 Å². The Morgan fingerprint density at radius 2 is 1.54 bits per heavy atom. The topological polar surface area (TPSA) is 63.2 Å². The van der Waals surface area contributed by atoms with Gasteiger partial charge in [0.05, 0.1) is 16.7 Å². The van der Waals surface area contributed by atoms with E-state index in [9.17, 15) is 13.2 Å². The molecule has 0 radical (unpaired) electrons. The molecule has 144 valence electrons. The van der Waals surface area contributed by atoms with Gasteiger partial charge in [-0.1, -0.05) is 64.5 Å². The predicted octanol–water partition coefficient (Wildman–Crippen LogP) is 4.91. The predicted molar refractivity (Wildman–Crippen MR) is 114 cm³/mol. The molecule has 28 heavy (non-hydrogen) atoms. The normalized spacial score (nSPS) is 12.4. The molecular formula is C22H20BrNO3S. The Kier molecular flexibility index (Phi) is 6.31. The van der Waals surface area contributed by atoms with Crippen LogP contribution in [0.4, 0.5) is 0 Å². The maximum Gasteiger partial charge on any atom is 0.251 e. The van der Waals surface area contributed by atoms with E-state index in [-0.39, 0.29) is 17.7 Å². The average Bonchev–Trinajstić information content (AvgIpc) is 2.69. The summed E-state index contributed by atoms with van der Waals surface area (Å²) in [6.45, 7) is 1.92. The van der Waals surface area contributed by atoms with Crippen molar-refractivity contribution in [1.82, 2.24) is 5.32 Å².